The fraction of sp³-hybridized carbons (Fsp3) is 0.0714. The molecule has 0 N–H and O–H groups in total. The minimum atomic E-state index is -0.364. The van der Waals surface area contributed by atoms with Gasteiger partial charge in [-0.25, -0.2) is 4.39 Å². The second-order valence-electron chi connectivity index (χ2n) is 3.97. The molecule has 1 nitrogen and oxygen atoms in total. The molecule has 0 spiro atoms. The molecule has 0 radical (unpaired) electrons. The van der Waals surface area contributed by atoms with E-state index in [-0.39, 0.29) is 18.0 Å². The molecule has 2 rings (SSSR count). The largest absolute Gasteiger partial charge is 0.294 e. The highest BCUT2D eigenvalue weighted by Crippen LogP contribution is 2.23. The maximum absolute atomic E-state index is 13.1. The van der Waals surface area contributed by atoms with Crippen LogP contribution < -0.4 is 0 Å². The summed E-state index contributed by atoms with van der Waals surface area (Å²) in [6.07, 6.45) is 0.138. The number of halogens is 4. The van der Waals surface area contributed by atoms with Gasteiger partial charge in [-0.05, 0) is 51.8 Å². The predicted octanol–water partition coefficient (Wildman–Crippen LogP) is 5.32. The molecule has 0 aliphatic heterocycles. The Bertz CT molecular complexity index is 643. The van der Waals surface area contributed by atoms with Gasteiger partial charge in [0.15, 0.2) is 5.78 Å². The fourth-order valence-corrected chi connectivity index (χ4v) is 2.46. The van der Waals surface area contributed by atoms with Gasteiger partial charge < -0.3 is 0 Å². The number of hydrogen-bond donors (Lipinski definition) is 0. The molecule has 0 aliphatic rings. The average molecular weight is 362 g/mol. The Morgan fingerprint density at radius 2 is 1.89 bits per heavy atom. The van der Waals surface area contributed by atoms with Gasteiger partial charge in [0.25, 0.3) is 0 Å². The van der Waals surface area contributed by atoms with Crippen LogP contribution in [0.15, 0.2) is 40.9 Å². The zero-order valence-electron chi connectivity index (χ0n) is 9.59. The van der Waals surface area contributed by atoms with E-state index in [1.165, 1.54) is 12.1 Å². The van der Waals surface area contributed by atoms with Gasteiger partial charge in [-0.15, -0.1) is 0 Å². The number of Topliss-reactive ketones (excluding diaryl/α,β-unsaturated/α-hetero) is 1. The first-order chi connectivity index (χ1) is 8.97. The number of carbonyl (C=O) groups is 1. The summed E-state index contributed by atoms with van der Waals surface area (Å²) in [7, 11) is 0. The molecule has 0 aliphatic carbocycles. The van der Waals surface area contributed by atoms with Gasteiger partial charge in [-0.3, -0.25) is 4.79 Å². The number of ketones is 1. The monoisotopic (exact) mass is 360 g/mol. The minimum absolute atomic E-state index is 0.138. The van der Waals surface area contributed by atoms with Crippen LogP contribution in [0.4, 0.5) is 4.39 Å². The Morgan fingerprint density at radius 1 is 1.16 bits per heavy atom. The Morgan fingerprint density at radius 3 is 2.58 bits per heavy atom. The van der Waals surface area contributed by atoms with Crippen LogP contribution in [-0.2, 0) is 6.42 Å². The second-order valence-corrected chi connectivity index (χ2v) is 5.67. The molecule has 0 saturated heterocycles. The lowest BCUT2D eigenvalue weighted by molar-refractivity contribution is 0.0993. The van der Waals surface area contributed by atoms with Crippen molar-refractivity contribution in [2.24, 2.45) is 0 Å². The van der Waals surface area contributed by atoms with Crippen molar-refractivity contribution < 1.29 is 9.18 Å². The van der Waals surface area contributed by atoms with Gasteiger partial charge in [0.1, 0.15) is 5.82 Å². The molecule has 0 aromatic heterocycles. The summed E-state index contributed by atoms with van der Waals surface area (Å²) in [6, 6.07) is 9.19. The maximum Gasteiger partial charge on any atom is 0.168 e. The summed E-state index contributed by atoms with van der Waals surface area (Å²) in [5.74, 6) is -0.525. The summed E-state index contributed by atoms with van der Waals surface area (Å²) in [5.41, 5.74) is 1.07. The molecule has 0 heterocycles. The first kappa shape index (κ1) is 14.5. The van der Waals surface area contributed by atoms with Crippen molar-refractivity contribution in [3.8, 4) is 0 Å². The molecule has 19 heavy (non-hydrogen) atoms. The number of hydrogen-bond acceptors (Lipinski definition) is 1. The van der Waals surface area contributed by atoms with E-state index in [9.17, 15) is 9.18 Å². The van der Waals surface area contributed by atoms with Crippen molar-refractivity contribution in [3.05, 3.63) is 67.9 Å². The minimum Gasteiger partial charge on any atom is -0.294 e. The molecule has 0 fully saturated rings. The molecule has 0 amide bonds. The van der Waals surface area contributed by atoms with Gasteiger partial charge in [-0.2, -0.15) is 0 Å². The van der Waals surface area contributed by atoms with E-state index in [0.717, 1.165) is 0 Å². The molecule has 5 heteroatoms. The third-order valence-electron chi connectivity index (χ3n) is 2.58. The quantitative estimate of drug-likeness (QED) is 0.676. The van der Waals surface area contributed by atoms with Crippen LogP contribution >= 0.6 is 39.1 Å². The lowest BCUT2D eigenvalue weighted by atomic mass is 10.0. The molecule has 0 bridgehead atoms. The van der Waals surface area contributed by atoms with Crippen LogP contribution in [0.2, 0.25) is 10.0 Å². The molecule has 0 saturated carbocycles. The van der Waals surface area contributed by atoms with Gasteiger partial charge in [0.2, 0.25) is 0 Å². The van der Waals surface area contributed by atoms with Crippen LogP contribution in [-0.4, -0.2) is 5.78 Å². The highest BCUT2D eigenvalue weighted by atomic mass is 79.9. The SMILES string of the molecule is O=C(Cc1ccc(F)c(Br)c1)c1cc(Cl)ccc1Cl. The Hall–Kier alpha value is -0.900. The Labute approximate surface area is 128 Å². The normalized spacial score (nSPS) is 10.5. The lowest BCUT2D eigenvalue weighted by Crippen LogP contribution is -2.04. The topological polar surface area (TPSA) is 17.1 Å². The molecule has 98 valence electrons. The van der Waals surface area contributed by atoms with Gasteiger partial charge >= 0.3 is 0 Å². The van der Waals surface area contributed by atoms with E-state index in [2.05, 4.69) is 15.9 Å². The van der Waals surface area contributed by atoms with Crippen molar-refractivity contribution in [1.29, 1.82) is 0 Å². The van der Waals surface area contributed by atoms with Crippen LogP contribution in [0.1, 0.15) is 15.9 Å². The van der Waals surface area contributed by atoms with Crippen LogP contribution in [0.25, 0.3) is 0 Å². The number of rotatable bonds is 3. The summed E-state index contributed by atoms with van der Waals surface area (Å²) >= 11 is 14.9. The van der Waals surface area contributed by atoms with E-state index in [1.807, 2.05) is 0 Å². The lowest BCUT2D eigenvalue weighted by Gasteiger charge is -2.05. The molecular formula is C14H8BrCl2FO. The molecule has 2 aromatic carbocycles. The zero-order valence-corrected chi connectivity index (χ0v) is 12.7. The highest BCUT2D eigenvalue weighted by Gasteiger charge is 2.12. The van der Waals surface area contributed by atoms with Crippen LogP contribution in [0.3, 0.4) is 0 Å². The third-order valence-corrected chi connectivity index (χ3v) is 3.75. The maximum atomic E-state index is 13.1. The van der Waals surface area contributed by atoms with Crippen molar-refractivity contribution >= 4 is 44.9 Å². The summed E-state index contributed by atoms with van der Waals surface area (Å²) in [4.78, 5) is 12.1. The van der Waals surface area contributed by atoms with Crippen molar-refractivity contribution in [2.75, 3.05) is 0 Å². The van der Waals surface area contributed by atoms with Crippen molar-refractivity contribution in [2.45, 2.75) is 6.42 Å². The first-order valence-electron chi connectivity index (χ1n) is 5.39. The van der Waals surface area contributed by atoms with E-state index in [4.69, 9.17) is 23.2 Å². The molecular weight excluding hydrogens is 354 g/mol. The number of carbonyl (C=O) groups excluding carboxylic acids is 1. The van der Waals surface area contributed by atoms with E-state index in [1.54, 1.807) is 24.3 Å². The Kier molecular flexibility index (Phi) is 4.61. The fourth-order valence-electron chi connectivity index (χ4n) is 1.64. The molecule has 2 aromatic rings. The second kappa shape index (κ2) is 6.04. The van der Waals surface area contributed by atoms with Crippen molar-refractivity contribution in [1.82, 2.24) is 0 Å². The smallest absolute Gasteiger partial charge is 0.168 e. The third kappa shape index (κ3) is 3.56. The highest BCUT2D eigenvalue weighted by molar-refractivity contribution is 9.10. The standard InChI is InChI=1S/C14H8BrCl2FO/c15-11-5-8(1-4-13(11)18)6-14(19)10-7-9(16)2-3-12(10)17/h1-5,7H,6H2. The van der Waals surface area contributed by atoms with E-state index in [0.29, 0.717) is 25.6 Å². The molecule has 0 unspecified atom stereocenters. The van der Waals surface area contributed by atoms with Crippen LogP contribution in [0, 0.1) is 5.82 Å². The van der Waals surface area contributed by atoms with Gasteiger partial charge in [0.05, 0.1) is 9.50 Å². The predicted molar refractivity (Wildman–Crippen MR) is 78.6 cm³/mol. The number of benzene rings is 2. The first-order valence-corrected chi connectivity index (χ1v) is 6.94. The van der Waals surface area contributed by atoms with Crippen LogP contribution in [0.5, 0.6) is 0 Å². The summed E-state index contributed by atoms with van der Waals surface area (Å²) in [5, 5.41) is 0.809. The van der Waals surface area contributed by atoms with E-state index < -0.39 is 0 Å². The molecule has 0 atom stereocenters. The summed E-state index contributed by atoms with van der Waals surface area (Å²) < 4.78 is 13.4. The van der Waals surface area contributed by atoms with Gasteiger partial charge in [-0.1, -0.05) is 29.3 Å². The van der Waals surface area contributed by atoms with Crippen molar-refractivity contribution in [3.63, 3.8) is 0 Å². The average Bonchev–Trinajstić information content (AvgIpc) is 2.36. The van der Waals surface area contributed by atoms with E-state index >= 15 is 0 Å². The summed E-state index contributed by atoms with van der Waals surface area (Å²) in [6.45, 7) is 0. The van der Waals surface area contributed by atoms with Gasteiger partial charge in [0, 0.05) is 17.0 Å². The Balaban J connectivity index is 2.25. The zero-order chi connectivity index (χ0) is 14.0.